The smallest absolute Gasteiger partial charge is 0.263 e. The van der Waals surface area contributed by atoms with Crippen molar-refractivity contribution in [3.8, 4) is 17.0 Å². The highest BCUT2D eigenvalue weighted by Crippen LogP contribution is 2.66. The molecule has 0 radical (unpaired) electrons. The zero-order valence-corrected chi connectivity index (χ0v) is 26.0. The number of carbonyl (C=O) groups is 2. The van der Waals surface area contributed by atoms with Gasteiger partial charge < -0.3 is 18.9 Å². The summed E-state index contributed by atoms with van der Waals surface area (Å²) < 4.78 is 43.2. The Morgan fingerprint density at radius 3 is 2.55 bits per heavy atom. The minimum atomic E-state index is -4.26. The van der Waals surface area contributed by atoms with Crippen molar-refractivity contribution in [1.29, 1.82) is 0 Å². The Bertz CT molecular complexity index is 1720. The SMILES string of the molecule is COc1ccc2c(c1)C1CC1(C(=O)N1CCOCC1)Cn1c-2c(C2CCCCC2)c2ccc(C(=O)N[SH](=O)(F)C3CC3)cc21. The number of aromatic nitrogens is 1. The monoisotopic (exact) mass is 621 g/mol. The summed E-state index contributed by atoms with van der Waals surface area (Å²) in [5.74, 6) is 0.696. The van der Waals surface area contributed by atoms with Crippen molar-refractivity contribution in [3.05, 3.63) is 53.1 Å². The van der Waals surface area contributed by atoms with E-state index in [1.54, 1.807) is 13.2 Å². The van der Waals surface area contributed by atoms with Gasteiger partial charge in [-0.2, -0.15) is 0 Å². The lowest BCUT2D eigenvalue weighted by atomic mass is 9.81. The van der Waals surface area contributed by atoms with Gasteiger partial charge in [-0.1, -0.05) is 25.3 Å². The van der Waals surface area contributed by atoms with Crippen molar-refractivity contribution >= 4 is 33.2 Å². The number of nitrogens with zero attached hydrogens (tertiary/aromatic N) is 2. The summed E-state index contributed by atoms with van der Waals surface area (Å²) in [4.78, 5) is 29.6. The Labute approximate surface area is 258 Å². The second-order valence-corrected chi connectivity index (χ2v) is 15.5. The van der Waals surface area contributed by atoms with Crippen LogP contribution in [0.25, 0.3) is 22.2 Å². The van der Waals surface area contributed by atoms with E-state index >= 15 is 0 Å². The Morgan fingerprint density at radius 1 is 1.05 bits per heavy atom. The maximum Gasteiger partial charge on any atom is 0.263 e. The first-order valence-electron chi connectivity index (χ1n) is 16.1. The number of thiol groups is 1. The normalized spacial score (nSPS) is 25.4. The molecule has 2 aromatic carbocycles. The molecule has 2 unspecified atom stereocenters. The standard InChI is InChI=1S/C34H40FN3O5S/c1-42-23-8-12-25-27(18-23)28-19-34(28,33(40)37-13-15-43-16-14-37)20-38-29-17-22(32(39)36-44(35,41)24-9-10-24)7-11-26(29)30(31(25)38)21-5-3-2-4-6-21/h7-8,11-12,17-18,21,24,28,44H,2-6,9-10,13-16,19-20H2,1H3,(H,36,39,41). The first-order chi connectivity index (χ1) is 21.3. The third-order valence-corrected chi connectivity index (χ3v) is 12.7. The molecule has 2 atom stereocenters. The van der Waals surface area contributed by atoms with E-state index in [0.717, 1.165) is 52.7 Å². The molecule has 1 saturated heterocycles. The van der Waals surface area contributed by atoms with Crippen LogP contribution in [0.1, 0.15) is 84.7 Å². The van der Waals surface area contributed by atoms with E-state index < -0.39 is 27.1 Å². The van der Waals surface area contributed by atoms with Gasteiger partial charge in [0.2, 0.25) is 5.91 Å². The first kappa shape index (κ1) is 28.2. The fourth-order valence-electron chi connectivity index (χ4n) is 8.20. The predicted octanol–water partition coefficient (Wildman–Crippen LogP) is 5.42. The summed E-state index contributed by atoms with van der Waals surface area (Å²) in [6.07, 6.45) is 7.56. The molecule has 2 aliphatic heterocycles. The number of ether oxygens (including phenoxy) is 2. The van der Waals surface area contributed by atoms with Gasteiger partial charge in [-0.25, -0.2) is 4.21 Å². The van der Waals surface area contributed by atoms with Gasteiger partial charge >= 0.3 is 0 Å². The quantitative estimate of drug-likeness (QED) is 0.284. The molecule has 3 aromatic rings. The summed E-state index contributed by atoms with van der Waals surface area (Å²) in [6.45, 7) is 2.74. The van der Waals surface area contributed by atoms with Crippen LogP contribution in [0.4, 0.5) is 3.89 Å². The molecule has 4 fully saturated rings. The lowest BCUT2D eigenvalue weighted by Gasteiger charge is -2.31. The van der Waals surface area contributed by atoms with Gasteiger partial charge in [-0.05, 0) is 79.5 Å². The van der Waals surface area contributed by atoms with Gasteiger partial charge in [0, 0.05) is 47.6 Å². The maximum atomic E-state index is 14.9. The van der Waals surface area contributed by atoms with Crippen LogP contribution < -0.4 is 9.46 Å². The number of rotatable bonds is 6. The number of fused-ring (bicyclic) bond motifs is 7. The third-order valence-electron chi connectivity index (χ3n) is 10.8. The molecule has 3 saturated carbocycles. The maximum absolute atomic E-state index is 14.9. The van der Waals surface area contributed by atoms with Gasteiger partial charge in [-0.15, -0.1) is 3.89 Å². The van der Waals surface area contributed by atoms with Gasteiger partial charge in [0.15, 0.2) is 0 Å². The fraction of sp³-hybridized carbons (Fsp3) is 0.529. The van der Waals surface area contributed by atoms with Gasteiger partial charge in [0.1, 0.15) is 5.75 Å². The van der Waals surface area contributed by atoms with Crippen molar-refractivity contribution in [2.24, 2.45) is 5.41 Å². The molecular weight excluding hydrogens is 581 g/mol. The minimum absolute atomic E-state index is 0.0551. The van der Waals surface area contributed by atoms with Crippen molar-refractivity contribution in [2.45, 2.75) is 75.0 Å². The van der Waals surface area contributed by atoms with E-state index in [1.807, 2.05) is 23.1 Å². The molecule has 1 aromatic heterocycles. The topological polar surface area (TPSA) is 89.9 Å². The second-order valence-electron chi connectivity index (χ2n) is 13.4. The summed E-state index contributed by atoms with van der Waals surface area (Å²) in [7, 11) is -2.58. The largest absolute Gasteiger partial charge is 0.497 e. The predicted molar refractivity (Wildman–Crippen MR) is 168 cm³/mol. The molecule has 5 aliphatic rings. The zero-order valence-electron chi connectivity index (χ0n) is 25.1. The Hall–Kier alpha value is -3.24. The van der Waals surface area contributed by atoms with E-state index in [0.29, 0.717) is 51.6 Å². The number of morpholine rings is 1. The number of hydrogen-bond donors (Lipinski definition) is 2. The van der Waals surface area contributed by atoms with E-state index in [2.05, 4.69) is 21.4 Å². The number of carbonyl (C=O) groups excluding carboxylic acids is 2. The van der Waals surface area contributed by atoms with Gasteiger partial charge in [0.05, 0.1) is 47.2 Å². The number of benzene rings is 2. The molecule has 3 aliphatic carbocycles. The third kappa shape index (κ3) is 4.50. The van der Waals surface area contributed by atoms with Crippen LogP contribution in [0, 0.1) is 5.41 Å². The summed E-state index contributed by atoms with van der Waals surface area (Å²) >= 11 is 0. The number of halogens is 1. The highest BCUT2D eigenvalue weighted by atomic mass is 32.3. The molecule has 44 heavy (non-hydrogen) atoms. The lowest BCUT2D eigenvalue weighted by Crippen LogP contribution is -2.45. The van der Waals surface area contributed by atoms with E-state index in [9.17, 15) is 17.7 Å². The van der Waals surface area contributed by atoms with Crippen LogP contribution in [0.5, 0.6) is 5.75 Å². The van der Waals surface area contributed by atoms with Gasteiger partial charge in [0.25, 0.3) is 5.91 Å². The summed E-state index contributed by atoms with van der Waals surface area (Å²) in [5.41, 5.74) is 5.21. The number of amides is 2. The minimum Gasteiger partial charge on any atom is -0.497 e. The number of hydrogen-bond acceptors (Lipinski definition) is 5. The highest BCUT2D eigenvalue weighted by Gasteiger charge is 2.64. The summed E-state index contributed by atoms with van der Waals surface area (Å²) in [5, 5.41) is 0.507. The molecule has 8 rings (SSSR count). The molecule has 234 valence electrons. The van der Waals surface area contributed by atoms with E-state index in [1.165, 1.54) is 24.8 Å². The first-order valence-corrected chi connectivity index (χ1v) is 17.8. The van der Waals surface area contributed by atoms with Crippen molar-refractivity contribution in [3.63, 3.8) is 0 Å². The molecule has 3 heterocycles. The number of nitrogens with one attached hydrogen (secondary N) is 1. The Balaban J connectivity index is 1.32. The van der Waals surface area contributed by atoms with Crippen LogP contribution in [-0.2, 0) is 26.6 Å². The molecule has 0 spiro atoms. The van der Waals surface area contributed by atoms with Crippen LogP contribution in [-0.4, -0.2) is 64.2 Å². The van der Waals surface area contributed by atoms with Crippen LogP contribution in [0.15, 0.2) is 36.4 Å². The lowest BCUT2D eigenvalue weighted by molar-refractivity contribution is -0.141. The van der Waals surface area contributed by atoms with E-state index in [-0.39, 0.29) is 17.4 Å². The molecular formula is C34H40FN3O5S. The molecule has 2 amide bonds. The van der Waals surface area contributed by atoms with Crippen molar-refractivity contribution in [2.75, 3.05) is 33.4 Å². The molecule has 10 heteroatoms. The van der Waals surface area contributed by atoms with Crippen LogP contribution in [0.2, 0.25) is 0 Å². The Morgan fingerprint density at radius 2 is 1.82 bits per heavy atom. The average molecular weight is 622 g/mol. The van der Waals surface area contributed by atoms with Gasteiger partial charge in [-0.3, -0.25) is 14.3 Å². The highest BCUT2D eigenvalue weighted by molar-refractivity contribution is 7.97. The number of methoxy groups -OCH3 is 1. The Kier molecular flexibility index (Phi) is 6.68. The zero-order chi connectivity index (χ0) is 30.2. The molecule has 1 N–H and O–H groups in total. The average Bonchev–Trinajstić information content (AvgIpc) is 3.97. The van der Waals surface area contributed by atoms with Crippen molar-refractivity contribution in [1.82, 2.24) is 14.2 Å². The molecule has 0 bridgehead atoms. The van der Waals surface area contributed by atoms with Crippen LogP contribution >= 0.6 is 0 Å². The van der Waals surface area contributed by atoms with Crippen LogP contribution in [0.3, 0.4) is 0 Å². The second kappa shape index (κ2) is 10.4. The summed E-state index contributed by atoms with van der Waals surface area (Å²) in [6, 6.07) is 11.8. The van der Waals surface area contributed by atoms with E-state index in [4.69, 9.17) is 9.47 Å². The van der Waals surface area contributed by atoms with Crippen molar-refractivity contribution < 1.29 is 27.2 Å². The fourth-order valence-corrected chi connectivity index (χ4v) is 9.61. The molecule has 8 nitrogen and oxygen atoms in total.